The second-order valence-corrected chi connectivity index (χ2v) is 7.02. The molecule has 0 aliphatic carbocycles. The van der Waals surface area contributed by atoms with E-state index in [4.69, 9.17) is 0 Å². The van der Waals surface area contributed by atoms with E-state index in [1.54, 1.807) is 42.2 Å². The standard InChI is InChI=1S/C22H28N4O3/c1-5-26(16(4)27)14-17-7-6-8-20(13-17)24-21(28)18-9-11-19(12-10-18)25-22(29)23-15(2)3/h6-13,15H,5,14H2,1-4H3,(H,24,28)(H2,23,25,29). The smallest absolute Gasteiger partial charge is 0.319 e. The molecule has 2 rings (SSSR count). The molecule has 0 unspecified atom stereocenters. The fraction of sp³-hybridized carbons (Fsp3) is 0.318. The molecule has 3 N–H and O–H groups in total. The third-order valence-corrected chi connectivity index (χ3v) is 4.21. The number of benzene rings is 2. The molecule has 0 bridgehead atoms. The maximum absolute atomic E-state index is 12.5. The van der Waals surface area contributed by atoms with Gasteiger partial charge in [-0.2, -0.15) is 0 Å². The lowest BCUT2D eigenvalue weighted by Crippen LogP contribution is -2.34. The van der Waals surface area contributed by atoms with Crippen molar-refractivity contribution >= 4 is 29.2 Å². The number of carbonyl (C=O) groups excluding carboxylic acids is 3. The Morgan fingerprint density at radius 3 is 2.24 bits per heavy atom. The van der Waals surface area contributed by atoms with Gasteiger partial charge in [0.25, 0.3) is 5.91 Å². The Balaban J connectivity index is 2.00. The molecule has 0 fully saturated rings. The van der Waals surface area contributed by atoms with Crippen LogP contribution in [0.3, 0.4) is 0 Å². The lowest BCUT2D eigenvalue weighted by molar-refractivity contribution is -0.129. The van der Waals surface area contributed by atoms with Crippen LogP contribution in [0.25, 0.3) is 0 Å². The summed E-state index contributed by atoms with van der Waals surface area (Å²) in [7, 11) is 0. The van der Waals surface area contributed by atoms with Crippen LogP contribution in [-0.2, 0) is 11.3 Å². The summed E-state index contributed by atoms with van der Waals surface area (Å²) in [6, 6.07) is 13.8. The lowest BCUT2D eigenvalue weighted by atomic mass is 10.1. The van der Waals surface area contributed by atoms with E-state index < -0.39 is 0 Å². The van der Waals surface area contributed by atoms with Crippen molar-refractivity contribution in [3.63, 3.8) is 0 Å². The highest BCUT2D eigenvalue weighted by Crippen LogP contribution is 2.16. The Bertz CT molecular complexity index is 863. The van der Waals surface area contributed by atoms with Gasteiger partial charge in [0.15, 0.2) is 0 Å². The highest BCUT2D eigenvalue weighted by Gasteiger charge is 2.10. The van der Waals surface area contributed by atoms with Crippen molar-refractivity contribution in [2.75, 3.05) is 17.2 Å². The molecule has 0 radical (unpaired) electrons. The zero-order chi connectivity index (χ0) is 21.4. The predicted molar refractivity (Wildman–Crippen MR) is 115 cm³/mol. The lowest BCUT2D eigenvalue weighted by Gasteiger charge is -2.19. The molecule has 0 heterocycles. The van der Waals surface area contributed by atoms with Gasteiger partial charge in [0.1, 0.15) is 0 Å². The van der Waals surface area contributed by atoms with E-state index in [9.17, 15) is 14.4 Å². The van der Waals surface area contributed by atoms with E-state index in [1.165, 1.54) is 0 Å². The molecule has 0 saturated carbocycles. The van der Waals surface area contributed by atoms with Crippen molar-refractivity contribution in [1.29, 1.82) is 0 Å². The molecule has 0 aliphatic rings. The van der Waals surface area contributed by atoms with Gasteiger partial charge in [-0.25, -0.2) is 4.79 Å². The van der Waals surface area contributed by atoms with Gasteiger partial charge in [-0.15, -0.1) is 0 Å². The van der Waals surface area contributed by atoms with Gasteiger partial charge < -0.3 is 20.9 Å². The predicted octanol–water partition coefficient (Wildman–Crippen LogP) is 3.84. The summed E-state index contributed by atoms with van der Waals surface area (Å²) in [5.41, 5.74) is 2.68. The van der Waals surface area contributed by atoms with Crippen LogP contribution in [0.1, 0.15) is 43.6 Å². The van der Waals surface area contributed by atoms with Crippen LogP contribution in [-0.4, -0.2) is 35.3 Å². The van der Waals surface area contributed by atoms with Crippen molar-refractivity contribution in [3.8, 4) is 0 Å². The van der Waals surface area contributed by atoms with Crippen molar-refractivity contribution in [3.05, 3.63) is 59.7 Å². The molecule has 154 valence electrons. The minimum Gasteiger partial charge on any atom is -0.339 e. The average Bonchev–Trinajstić information content (AvgIpc) is 2.66. The minimum atomic E-state index is -0.291. The fourth-order valence-corrected chi connectivity index (χ4v) is 2.75. The number of hydrogen-bond acceptors (Lipinski definition) is 3. The minimum absolute atomic E-state index is 0.0118. The van der Waals surface area contributed by atoms with E-state index >= 15 is 0 Å². The van der Waals surface area contributed by atoms with Crippen LogP contribution in [0.4, 0.5) is 16.2 Å². The van der Waals surface area contributed by atoms with Crippen LogP contribution in [0.5, 0.6) is 0 Å². The van der Waals surface area contributed by atoms with Crippen LogP contribution in [0.2, 0.25) is 0 Å². The van der Waals surface area contributed by atoms with Gasteiger partial charge >= 0.3 is 6.03 Å². The van der Waals surface area contributed by atoms with Gasteiger partial charge in [-0.3, -0.25) is 9.59 Å². The van der Waals surface area contributed by atoms with Crippen molar-refractivity contribution in [1.82, 2.24) is 10.2 Å². The van der Waals surface area contributed by atoms with Gasteiger partial charge in [-0.1, -0.05) is 12.1 Å². The Hall–Kier alpha value is -3.35. The monoisotopic (exact) mass is 396 g/mol. The molecule has 0 atom stereocenters. The third-order valence-electron chi connectivity index (χ3n) is 4.21. The summed E-state index contributed by atoms with van der Waals surface area (Å²) in [4.78, 5) is 37.6. The molecule has 7 heteroatoms. The number of anilines is 2. The quantitative estimate of drug-likeness (QED) is 0.664. The number of amides is 4. The molecular weight excluding hydrogens is 368 g/mol. The van der Waals surface area contributed by atoms with E-state index in [2.05, 4.69) is 16.0 Å². The first kappa shape index (κ1) is 21.9. The molecule has 0 aliphatic heterocycles. The second-order valence-electron chi connectivity index (χ2n) is 7.02. The maximum atomic E-state index is 12.5. The SMILES string of the molecule is CCN(Cc1cccc(NC(=O)c2ccc(NC(=O)NC(C)C)cc2)c1)C(C)=O. The number of urea groups is 1. The van der Waals surface area contributed by atoms with Gasteiger partial charge in [-0.05, 0) is 62.7 Å². The summed E-state index contributed by atoms with van der Waals surface area (Å²) in [6.07, 6.45) is 0. The van der Waals surface area contributed by atoms with Gasteiger partial charge in [0.2, 0.25) is 5.91 Å². The molecule has 0 aromatic heterocycles. The molecule has 7 nitrogen and oxygen atoms in total. The average molecular weight is 396 g/mol. The third kappa shape index (κ3) is 6.95. The Kier molecular flexibility index (Phi) is 7.77. The first-order valence-electron chi connectivity index (χ1n) is 9.62. The zero-order valence-corrected chi connectivity index (χ0v) is 17.3. The number of nitrogens with one attached hydrogen (secondary N) is 3. The first-order chi connectivity index (χ1) is 13.8. The zero-order valence-electron chi connectivity index (χ0n) is 17.3. The van der Waals surface area contributed by atoms with E-state index in [0.29, 0.717) is 30.0 Å². The molecule has 2 aromatic carbocycles. The summed E-state index contributed by atoms with van der Waals surface area (Å²) >= 11 is 0. The summed E-state index contributed by atoms with van der Waals surface area (Å²) in [6.45, 7) is 8.35. The highest BCUT2D eigenvalue weighted by molar-refractivity contribution is 6.04. The summed E-state index contributed by atoms with van der Waals surface area (Å²) in [5, 5.41) is 8.32. The highest BCUT2D eigenvalue weighted by atomic mass is 16.2. The summed E-state index contributed by atoms with van der Waals surface area (Å²) in [5.74, 6) is -0.239. The van der Waals surface area contributed by atoms with E-state index in [1.807, 2.05) is 39.0 Å². The maximum Gasteiger partial charge on any atom is 0.319 e. The normalized spacial score (nSPS) is 10.4. The van der Waals surface area contributed by atoms with E-state index in [0.717, 1.165) is 5.56 Å². The molecule has 4 amide bonds. The first-order valence-corrected chi connectivity index (χ1v) is 9.62. The second kappa shape index (κ2) is 10.3. The van der Waals surface area contributed by atoms with Crippen molar-refractivity contribution in [2.45, 2.75) is 40.3 Å². The van der Waals surface area contributed by atoms with E-state index in [-0.39, 0.29) is 23.9 Å². The van der Waals surface area contributed by atoms with Gasteiger partial charge in [0.05, 0.1) is 0 Å². The van der Waals surface area contributed by atoms with Gasteiger partial charge in [0, 0.05) is 43.0 Å². The summed E-state index contributed by atoms with van der Waals surface area (Å²) < 4.78 is 0. The Labute approximate surface area is 171 Å². The molecular formula is C22H28N4O3. The molecule has 29 heavy (non-hydrogen) atoms. The van der Waals surface area contributed by atoms with Crippen LogP contribution < -0.4 is 16.0 Å². The Morgan fingerprint density at radius 2 is 1.66 bits per heavy atom. The largest absolute Gasteiger partial charge is 0.339 e. The number of rotatable bonds is 7. The number of hydrogen-bond donors (Lipinski definition) is 3. The molecule has 0 spiro atoms. The van der Waals surface area contributed by atoms with Crippen molar-refractivity contribution in [2.24, 2.45) is 0 Å². The Morgan fingerprint density at radius 1 is 0.966 bits per heavy atom. The van der Waals surface area contributed by atoms with Crippen LogP contribution in [0.15, 0.2) is 48.5 Å². The molecule has 2 aromatic rings. The van der Waals surface area contributed by atoms with Crippen molar-refractivity contribution < 1.29 is 14.4 Å². The number of carbonyl (C=O) groups is 3. The topological polar surface area (TPSA) is 90.5 Å². The number of nitrogens with zero attached hydrogens (tertiary/aromatic N) is 1. The fourth-order valence-electron chi connectivity index (χ4n) is 2.75. The molecule has 0 saturated heterocycles. The van der Waals surface area contributed by atoms with Crippen LogP contribution >= 0.6 is 0 Å². The van der Waals surface area contributed by atoms with Crippen LogP contribution in [0, 0.1) is 0 Å².